The standard InChI is InChI=1S/C20H20N2O4S2/c1-14-5-7-15(8-6-14)13-22(2)20(24)17-10-9-16(12-18(17)23)21-28(25,26)19-4-3-11-27-19/h3-12,21,23H,13H2,1-2H3. The molecule has 2 aromatic carbocycles. The number of thiophene rings is 1. The van der Waals surface area contributed by atoms with Crippen molar-refractivity contribution in [3.8, 4) is 5.75 Å². The first-order chi connectivity index (χ1) is 13.3. The number of nitrogens with zero attached hydrogens (tertiary/aromatic N) is 1. The maximum atomic E-state index is 12.6. The summed E-state index contributed by atoms with van der Waals surface area (Å²) in [5.74, 6) is -0.641. The van der Waals surface area contributed by atoms with E-state index in [0.29, 0.717) is 6.54 Å². The first-order valence-electron chi connectivity index (χ1n) is 8.46. The molecular formula is C20H20N2O4S2. The van der Waals surface area contributed by atoms with Crippen LogP contribution in [0.1, 0.15) is 21.5 Å². The predicted molar refractivity (Wildman–Crippen MR) is 110 cm³/mol. The third-order valence-electron chi connectivity index (χ3n) is 4.13. The Kier molecular flexibility index (Phi) is 5.71. The number of amides is 1. The van der Waals surface area contributed by atoms with E-state index in [1.54, 1.807) is 18.5 Å². The van der Waals surface area contributed by atoms with Gasteiger partial charge in [-0.2, -0.15) is 0 Å². The third-order valence-corrected chi connectivity index (χ3v) is 6.91. The van der Waals surface area contributed by atoms with Crippen molar-refractivity contribution in [3.63, 3.8) is 0 Å². The van der Waals surface area contributed by atoms with Gasteiger partial charge in [-0.25, -0.2) is 8.42 Å². The molecule has 1 heterocycles. The fraction of sp³-hybridized carbons (Fsp3) is 0.150. The molecule has 3 aromatic rings. The molecule has 0 saturated heterocycles. The van der Waals surface area contributed by atoms with Gasteiger partial charge in [0, 0.05) is 19.7 Å². The largest absolute Gasteiger partial charge is 0.507 e. The van der Waals surface area contributed by atoms with E-state index in [1.807, 2.05) is 31.2 Å². The van der Waals surface area contributed by atoms with Gasteiger partial charge < -0.3 is 10.0 Å². The lowest BCUT2D eigenvalue weighted by atomic mass is 10.1. The smallest absolute Gasteiger partial charge is 0.271 e. The van der Waals surface area contributed by atoms with Crippen molar-refractivity contribution in [2.24, 2.45) is 0 Å². The molecule has 0 aliphatic heterocycles. The zero-order valence-electron chi connectivity index (χ0n) is 15.4. The molecule has 0 radical (unpaired) electrons. The zero-order chi connectivity index (χ0) is 20.3. The van der Waals surface area contributed by atoms with Gasteiger partial charge in [-0.1, -0.05) is 35.9 Å². The quantitative estimate of drug-likeness (QED) is 0.639. The summed E-state index contributed by atoms with van der Waals surface area (Å²) in [6.45, 7) is 2.39. The van der Waals surface area contributed by atoms with E-state index in [0.717, 1.165) is 22.5 Å². The highest BCUT2D eigenvalue weighted by Crippen LogP contribution is 2.26. The Morgan fingerprint density at radius 1 is 1.14 bits per heavy atom. The van der Waals surface area contributed by atoms with E-state index in [9.17, 15) is 18.3 Å². The van der Waals surface area contributed by atoms with Gasteiger partial charge >= 0.3 is 0 Å². The minimum Gasteiger partial charge on any atom is -0.507 e. The number of sulfonamides is 1. The molecule has 8 heteroatoms. The molecule has 28 heavy (non-hydrogen) atoms. The highest BCUT2D eigenvalue weighted by molar-refractivity contribution is 7.94. The maximum Gasteiger partial charge on any atom is 0.271 e. The van der Waals surface area contributed by atoms with Crippen LogP contribution >= 0.6 is 11.3 Å². The number of carbonyl (C=O) groups is 1. The number of hydrogen-bond acceptors (Lipinski definition) is 5. The number of aromatic hydroxyl groups is 1. The number of rotatable bonds is 6. The summed E-state index contributed by atoms with van der Waals surface area (Å²) in [5.41, 5.74) is 2.40. The number of hydrogen-bond donors (Lipinski definition) is 2. The summed E-state index contributed by atoms with van der Waals surface area (Å²) in [6.07, 6.45) is 0. The van der Waals surface area contributed by atoms with Crippen molar-refractivity contribution >= 4 is 33.0 Å². The van der Waals surface area contributed by atoms with E-state index in [-0.39, 0.29) is 27.1 Å². The first-order valence-corrected chi connectivity index (χ1v) is 10.8. The van der Waals surface area contributed by atoms with E-state index >= 15 is 0 Å². The van der Waals surface area contributed by atoms with E-state index in [1.165, 1.54) is 29.2 Å². The number of phenolic OH excluding ortho intramolecular Hbond substituents is 1. The molecule has 6 nitrogen and oxygen atoms in total. The fourth-order valence-corrected chi connectivity index (χ4v) is 4.68. The second kappa shape index (κ2) is 8.04. The van der Waals surface area contributed by atoms with Crippen molar-refractivity contribution in [1.82, 2.24) is 4.90 Å². The molecule has 3 rings (SSSR count). The summed E-state index contributed by atoms with van der Waals surface area (Å²) in [5, 5.41) is 11.9. The molecular weight excluding hydrogens is 396 g/mol. The number of phenols is 1. The average molecular weight is 417 g/mol. The van der Waals surface area contributed by atoms with Crippen LogP contribution in [0.3, 0.4) is 0 Å². The Hall–Kier alpha value is -2.84. The summed E-state index contributed by atoms with van der Waals surface area (Å²) >= 11 is 1.09. The number of benzene rings is 2. The van der Waals surface area contributed by atoms with Crippen LogP contribution in [0.25, 0.3) is 0 Å². The maximum absolute atomic E-state index is 12.6. The van der Waals surface area contributed by atoms with E-state index < -0.39 is 10.0 Å². The van der Waals surface area contributed by atoms with Crippen LogP contribution in [0.5, 0.6) is 5.75 Å². The Bertz CT molecular complexity index is 1080. The number of anilines is 1. The predicted octanol–water partition coefficient (Wildman–Crippen LogP) is 3.84. The minimum atomic E-state index is -3.72. The lowest BCUT2D eigenvalue weighted by molar-refractivity contribution is 0.0782. The summed E-state index contributed by atoms with van der Waals surface area (Å²) in [4.78, 5) is 14.1. The molecule has 0 bridgehead atoms. The van der Waals surface area contributed by atoms with Gasteiger partial charge in [0.1, 0.15) is 9.96 Å². The monoisotopic (exact) mass is 416 g/mol. The SMILES string of the molecule is Cc1ccc(CN(C)C(=O)c2ccc(NS(=O)(=O)c3cccs3)cc2O)cc1. The highest BCUT2D eigenvalue weighted by Gasteiger charge is 2.19. The Balaban J connectivity index is 1.74. The van der Waals surface area contributed by atoms with Crippen LogP contribution in [0.2, 0.25) is 0 Å². The third kappa shape index (κ3) is 4.52. The van der Waals surface area contributed by atoms with Crippen molar-refractivity contribution in [2.75, 3.05) is 11.8 Å². The molecule has 1 aromatic heterocycles. The molecule has 1 amide bonds. The molecule has 0 unspecified atom stereocenters. The molecule has 2 N–H and O–H groups in total. The summed E-state index contributed by atoms with van der Waals surface area (Å²) < 4.78 is 27.1. The second-order valence-corrected chi connectivity index (χ2v) is 9.27. The molecule has 146 valence electrons. The average Bonchev–Trinajstić information content (AvgIpc) is 3.19. The van der Waals surface area contributed by atoms with Crippen LogP contribution in [0.4, 0.5) is 5.69 Å². The van der Waals surface area contributed by atoms with Crippen molar-refractivity contribution in [3.05, 3.63) is 76.7 Å². The number of aryl methyl sites for hydroxylation is 1. The van der Waals surface area contributed by atoms with Crippen molar-refractivity contribution < 1.29 is 18.3 Å². The Morgan fingerprint density at radius 2 is 1.86 bits per heavy atom. The zero-order valence-corrected chi connectivity index (χ0v) is 17.0. The molecule has 0 aliphatic carbocycles. The second-order valence-electron chi connectivity index (χ2n) is 6.42. The van der Waals surface area contributed by atoms with Gasteiger partial charge in [0.2, 0.25) is 0 Å². The lowest BCUT2D eigenvalue weighted by Gasteiger charge is -2.18. The minimum absolute atomic E-state index is 0.105. The molecule has 0 saturated carbocycles. The summed E-state index contributed by atoms with van der Waals surface area (Å²) in [6, 6.07) is 15.1. The van der Waals surface area contributed by atoms with E-state index in [2.05, 4.69) is 4.72 Å². The number of carbonyl (C=O) groups excluding carboxylic acids is 1. The fourth-order valence-electron chi connectivity index (χ4n) is 2.64. The molecule has 0 aliphatic rings. The Labute approximate surface area is 168 Å². The lowest BCUT2D eigenvalue weighted by Crippen LogP contribution is -2.26. The van der Waals surface area contributed by atoms with E-state index in [4.69, 9.17) is 0 Å². The molecule has 0 atom stereocenters. The highest BCUT2D eigenvalue weighted by atomic mass is 32.2. The normalized spacial score (nSPS) is 11.2. The summed E-state index contributed by atoms with van der Waals surface area (Å²) in [7, 11) is -2.07. The van der Waals surface area contributed by atoms with Gasteiger partial charge in [-0.05, 0) is 36.1 Å². The molecule has 0 fully saturated rings. The van der Waals surface area contributed by atoms with Gasteiger partial charge in [0.15, 0.2) is 0 Å². The van der Waals surface area contributed by atoms with Gasteiger partial charge in [-0.3, -0.25) is 9.52 Å². The van der Waals surface area contributed by atoms with Crippen LogP contribution in [-0.2, 0) is 16.6 Å². The van der Waals surface area contributed by atoms with Crippen LogP contribution < -0.4 is 4.72 Å². The van der Waals surface area contributed by atoms with Crippen molar-refractivity contribution in [1.29, 1.82) is 0 Å². The van der Waals surface area contributed by atoms with Crippen LogP contribution in [0, 0.1) is 6.92 Å². The van der Waals surface area contributed by atoms with Gasteiger partial charge in [-0.15, -0.1) is 11.3 Å². The van der Waals surface area contributed by atoms with Crippen molar-refractivity contribution in [2.45, 2.75) is 17.7 Å². The topological polar surface area (TPSA) is 86.7 Å². The molecule has 0 spiro atoms. The van der Waals surface area contributed by atoms with Crippen LogP contribution in [-0.4, -0.2) is 31.4 Å². The first kappa shape index (κ1) is 19.9. The number of nitrogens with one attached hydrogen (secondary N) is 1. The van der Waals surface area contributed by atoms with Gasteiger partial charge in [0.05, 0.1) is 11.3 Å². The van der Waals surface area contributed by atoms with Crippen LogP contribution in [0.15, 0.2) is 64.2 Å². The van der Waals surface area contributed by atoms with Gasteiger partial charge in [0.25, 0.3) is 15.9 Å². The Morgan fingerprint density at radius 3 is 2.46 bits per heavy atom.